The van der Waals surface area contributed by atoms with E-state index < -0.39 is 0 Å². The highest BCUT2D eigenvalue weighted by atomic mass is 16.5. The number of amides is 1. The third-order valence-corrected chi connectivity index (χ3v) is 4.19. The molecule has 1 saturated heterocycles. The van der Waals surface area contributed by atoms with Gasteiger partial charge in [0.1, 0.15) is 0 Å². The Morgan fingerprint density at radius 3 is 2.62 bits per heavy atom. The van der Waals surface area contributed by atoms with Gasteiger partial charge in [-0.2, -0.15) is 0 Å². The maximum atomic E-state index is 12.5. The molecule has 1 aromatic rings. The Balaban J connectivity index is 1.86. The molecule has 0 unspecified atom stereocenters. The minimum Gasteiger partial charge on any atom is -0.378 e. The molecule has 4 heteroatoms. The number of aryl methyl sites for hydroxylation is 2. The van der Waals surface area contributed by atoms with Gasteiger partial charge in [-0.05, 0) is 62.9 Å². The first-order valence-electron chi connectivity index (χ1n) is 7.80. The molecule has 1 aliphatic rings. The van der Waals surface area contributed by atoms with E-state index in [0.29, 0.717) is 6.54 Å². The van der Waals surface area contributed by atoms with Gasteiger partial charge < -0.3 is 15.4 Å². The fraction of sp³-hybridized carbons (Fsp3) is 0.588. The summed E-state index contributed by atoms with van der Waals surface area (Å²) in [6.07, 6.45) is 3.02. The summed E-state index contributed by atoms with van der Waals surface area (Å²) in [6, 6.07) is 5.93. The molecule has 2 rings (SSSR count). The Hall–Kier alpha value is -1.39. The highest BCUT2D eigenvalue weighted by molar-refractivity contribution is 5.94. The van der Waals surface area contributed by atoms with Gasteiger partial charge in [0.15, 0.2) is 0 Å². The normalized spacial score (nSPS) is 16.2. The van der Waals surface area contributed by atoms with Gasteiger partial charge in [0.25, 0.3) is 5.91 Å². The predicted octanol–water partition coefficient (Wildman–Crippen LogP) is 2.27. The molecular weight excluding hydrogens is 264 g/mol. The summed E-state index contributed by atoms with van der Waals surface area (Å²) in [5.74, 6) is 0.138. The van der Waals surface area contributed by atoms with Crippen LogP contribution in [0.4, 0.5) is 0 Å². The number of rotatable bonds is 5. The van der Waals surface area contributed by atoms with E-state index in [1.54, 1.807) is 0 Å². The van der Waals surface area contributed by atoms with E-state index in [-0.39, 0.29) is 12.0 Å². The quantitative estimate of drug-likeness (QED) is 0.846. The van der Waals surface area contributed by atoms with Gasteiger partial charge in [-0.3, -0.25) is 4.79 Å². The van der Waals surface area contributed by atoms with Gasteiger partial charge in [-0.15, -0.1) is 0 Å². The second-order valence-corrected chi connectivity index (χ2v) is 5.80. The molecule has 1 aliphatic heterocycles. The number of hydrogen-bond donors (Lipinski definition) is 1. The Morgan fingerprint density at radius 1 is 1.29 bits per heavy atom. The van der Waals surface area contributed by atoms with Crippen molar-refractivity contribution >= 4 is 5.91 Å². The van der Waals surface area contributed by atoms with Gasteiger partial charge in [0.05, 0.1) is 6.10 Å². The third kappa shape index (κ3) is 4.29. The minimum absolute atomic E-state index is 0.138. The lowest BCUT2D eigenvalue weighted by atomic mass is 10.0. The van der Waals surface area contributed by atoms with Crippen molar-refractivity contribution in [3.05, 3.63) is 34.9 Å². The lowest BCUT2D eigenvalue weighted by Crippen LogP contribution is -2.41. The van der Waals surface area contributed by atoms with Crippen molar-refractivity contribution in [1.29, 1.82) is 0 Å². The first-order chi connectivity index (χ1) is 10.1. The summed E-state index contributed by atoms with van der Waals surface area (Å²) >= 11 is 0. The first-order valence-corrected chi connectivity index (χ1v) is 7.80. The van der Waals surface area contributed by atoms with Crippen LogP contribution in [-0.4, -0.2) is 43.2 Å². The number of carbonyl (C=O) groups is 1. The number of piperidine rings is 1. The van der Waals surface area contributed by atoms with Gasteiger partial charge in [0, 0.05) is 25.3 Å². The lowest BCUT2D eigenvalue weighted by molar-refractivity contribution is 0.00844. The molecule has 0 saturated carbocycles. The number of nitrogens with two attached hydrogens (primary N) is 1. The van der Waals surface area contributed by atoms with Crippen LogP contribution >= 0.6 is 0 Å². The summed E-state index contributed by atoms with van der Waals surface area (Å²) < 4.78 is 5.77. The van der Waals surface area contributed by atoms with Crippen molar-refractivity contribution < 1.29 is 9.53 Å². The average molecular weight is 290 g/mol. The van der Waals surface area contributed by atoms with Crippen molar-refractivity contribution in [2.75, 3.05) is 26.2 Å². The third-order valence-electron chi connectivity index (χ3n) is 4.19. The molecular formula is C17H26N2O2. The van der Waals surface area contributed by atoms with Crippen LogP contribution in [-0.2, 0) is 4.74 Å². The summed E-state index contributed by atoms with van der Waals surface area (Å²) in [7, 11) is 0. The van der Waals surface area contributed by atoms with Crippen LogP contribution in [0.2, 0.25) is 0 Å². The molecule has 0 aromatic heterocycles. The standard InChI is InChI=1S/C17H26N2O2/c1-13-4-5-15(12-14(13)2)17(20)19-9-6-16(7-10-19)21-11-3-8-18/h4-5,12,16H,3,6-11,18H2,1-2H3. The highest BCUT2D eigenvalue weighted by Gasteiger charge is 2.24. The van der Waals surface area contributed by atoms with Crippen molar-refractivity contribution in [2.24, 2.45) is 5.73 Å². The molecule has 1 heterocycles. The number of ether oxygens (including phenoxy) is 1. The average Bonchev–Trinajstić information content (AvgIpc) is 2.50. The Morgan fingerprint density at radius 2 is 2.00 bits per heavy atom. The van der Waals surface area contributed by atoms with Gasteiger partial charge in [-0.25, -0.2) is 0 Å². The first kappa shape index (κ1) is 16.0. The molecule has 1 fully saturated rings. The molecule has 1 aromatic carbocycles. The summed E-state index contributed by atoms with van der Waals surface area (Å²) in [6.45, 7) is 7.06. The van der Waals surface area contributed by atoms with Crippen LogP contribution in [0.5, 0.6) is 0 Å². The summed E-state index contributed by atoms with van der Waals surface area (Å²) in [5.41, 5.74) is 8.64. The second-order valence-electron chi connectivity index (χ2n) is 5.80. The van der Waals surface area contributed by atoms with E-state index in [0.717, 1.165) is 44.5 Å². The van der Waals surface area contributed by atoms with Crippen LogP contribution in [0.1, 0.15) is 40.7 Å². The van der Waals surface area contributed by atoms with Gasteiger partial charge >= 0.3 is 0 Å². The highest BCUT2D eigenvalue weighted by Crippen LogP contribution is 2.18. The summed E-state index contributed by atoms with van der Waals surface area (Å²) in [5, 5.41) is 0. The molecule has 116 valence electrons. The van der Waals surface area contributed by atoms with E-state index in [9.17, 15) is 4.79 Å². The van der Waals surface area contributed by atoms with Crippen molar-refractivity contribution in [1.82, 2.24) is 4.90 Å². The molecule has 0 atom stereocenters. The van der Waals surface area contributed by atoms with Crippen LogP contribution in [0.25, 0.3) is 0 Å². The maximum absolute atomic E-state index is 12.5. The topological polar surface area (TPSA) is 55.6 Å². The monoisotopic (exact) mass is 290 g/mol. The number of carbonyl (C=O) groups excluding carboxylic acids is 1. The fourth-order valence-electron chi connectivity index (χ4n) is 2.62. The molecule has 4 nitrogen and oxygen atoms in total. The fourth-order valence-corrected chi connectivity index (χ4v) is 2.62. The number of hydrogen-bond acceptors (Lipinski definition) is 3. The summed E-state index contributed by atoms with van der Waals surface area (Å²) in [4.78, 5) is 14.4. The Labute approximate surface area is 127 Å². The Kier molecular flexibility index (Phi) is 5.76. The smallest absolute Gasteiger partial charge is 0.253 e. The SMILES string of the molecule is Cc1ccc(C(=O)N2CCC(OCCCN)CC2)cc1C. The minimum atomic E-state index is 0.138. The van der Waals surface area contributed by atoms with E-state index in [4.69, 9.17) is 10.5 Å². The zero-order valence-electron chi connectivity index (χ0n) is 13.1. The number of nitrogens with zero attached hydrogens (tertiary/aromatic N) is 1. The van der Waals surface area contributed by atoms with Crippen molar-refractivity contribution in [3.8, 4) is 0 Å². The van der Waals surface area contributed by atoms with E-state index in [1.165, 1.54) is 11.1 Å². The van der Waals surface area contributed by atoms with Crippen molar-refractivity contribution in [3.63, 3.8) is 0 Å². The zero-order valence-corrected chi connectivity index (χ0v) is 13.1. The van der Waals surface area contributed by atoms with Crippen LogP contribution in [0.3, 0.4) is 0 Å². The van der Waals surface area contributed by atoms with Crippen LogP contribution in [0.15, 0.2) is 18.2 Å². The number of benzene rings is 1. The Bertz CT molecular complexity index is 480. The molecule has 1 amide bonds. The molecule has 0 aliphatic carbocycles. The molecule has 0 radical (unpaired) electrons. The largest absolute Gasteiger partial charge is 0.378 e. The molecule has 21 heavy (non-hydrogen) atoms. The van der Waals surface area contributed by atoms with Gasteiger partial charge in [-0.1, -0.05) is 6.07 Å². The maximum Gasteiger partial charge on any atom is 0.253 e. The van der Waals surface area contributed by atoms with E-state index in [1.807, 2.05) is 30.0 Å². The van der Waals surface area contributed by atoms with E-state index in [2.05, 4.69) is 6.92 Å². The zero-order chi connectivity index (χ0) is 15.2. The van der Waals surface area contributed by atoms with Crippen molar-refractivity contribution in [2.45, 2.75) is 39.2 Å². The van der Waals surface area contributed by atoms with Gasteiger partial charge in [0.2, 0.25) is 0 Å². The van der Waals surface area contributed by atoms with Crippen LogP contribution < -0.4 is 5.73 Å². The predicted molar refractivity (Wildman–Crippen MR) is 84.5 cm³/mol. The molecule has 0 bridgehead atoms. The van der Waals surface area contributed by atoms with Crippen LogP contribution in [0, 0.1) is 13.8 Å². The molecule has 2 N–H and O–H groups in total. The van der Waals surface area contributed by atoms with E-state index >= 15 is 0 Å². The second kappa shape index (κ2) is 7.57. The molecule has 0 spiro atoms. The lowest BCUT2D eigenvalue weighted by Gasteiger charge is -2.32. The number of likely N-dealkylation sites (tertiary alicyclic amines) is 1.